The van der Waals surface area contributed by atoms with Crippen molar-refractivity contribution in [3.63, 3.8) is 0 Å². The second-order valence-electron chi connectivity index (χ2n) is 32.1. The van der Waals surface area contributed by atoms with Gasteiger partial charge in [-0.3, -0.25) is 57.5 Å². The Morgan fingerprint density at radius 3 is 0.653 bits per heavy atom. The Bertz CT molecular complexity index is 2760. The molecule has 118 heavy (non-hydrogen) atoms. The molecule has 0 fully saturated rings. The zero-order chi connectivity index (χ0) is 88.5. The van der Waals surface area contributed by atoms with Crippen LogP contribution in [0.25, 0.3) is 0 Å². The van der Waals surface area contributed by atoms with Crippen LogP contribution < -0.4 is 0 Å². The SMILES string of the molecule is CCCCCCCCCCCC(=O)OCC(C)(COC(=O)CCCCCCCCCCC)C(=O)O[C@H]([C@H](OC(=O)C(C)(COC(=O)CCCCCCCCCCC)COC(=O)CCCCCCCCCCC)[C@H](OC(=O)C(C)(COC(=O)CC)COC(=O)CC)C(=O)OCCOC)[C@@H](OC(=O)C(C)(COC(=O)CC)COC(=O)CC)C(=O)O. The number of carboxylic acids is 1. The minimum absolute atomic E-state index is 0.160. The second-order valence-corrected chi connectivity index (χ2v) is 32.1. The highest BCUT2D eigenvalue weighted by atomic mass is 16.7. The van der Waals surface area contributed by atoms with Gasteiger partial charge in [-0.25, -0.2) is 9.59 Å². The van der Waals surface area contributed by atoms with Crippen molar-refractivity contribution in [2.24, 2.45) is 21.7 Å². The van der Waals surface area contributed by atoms with Crippen LogP contribution in [0.3, 0.4) is 0 Å². The monoisotopic (exact) mass is 1690 g/mol. The van der Waals surface area contributed by atoms with E-state index in [1.807, 2.05) is 0 Å². The number of rotatable bonds is 76. The molecule has 1 N–H and O–H groups in total. The molecule has 0 rings (SSSR count). The molecule has 0 radical (unpaired) electrons. The summed E-state index contributed by atoms with van der Waals surface area (Å²) in [6.07, 6.45) is 18.3. The number of ether oxygens (including phenoxy) is 14. The van der Waals surface area contributed by atoms with Gasteiger partial charge in [0.25, 0.3) is 0 Å². The van der Waals surface area contributed by atoms with E-state index in [0.29, 0.717) is 51.4 Å². The average molecular weight is 1690 g/mol. The lowest BCUT2D eigenvalue weighted by Gasteiger charge is -2.39. The Kier molecular flexibility index (Phi) is 63.0. The highest BCUT2D eigenvalue weighted by Crippen LogP contribution is 2.34. The smallest absolute Gasteiger partial charge is 0.351 e. The Morgan fingerprint density at radius 2 is 0.441 bits per heavy atom. The Hall–Kier alpha value is -7.46. The van der Waals surface area contributed by atoms with Crippen molar-refractivity contribution in [3.8, 4) is 0 Å². The van der Waals surface area contributed by atoms with Crippen molar-refractivity contribution in [1.82, 2.24) is 0 Å². The first-order chi connectivity index (χ1) is 56.4. The molecule has 0 aromatic rings. The molecule has 0 saturated heterocycles. The highest BCUT2D eigenvalue weighted by molar-refractivity contribution is 5.87. The van der Waals surface area contributed by atoms with Crippen LogP contribution in [0.5, 0.6) is 0 Å². The van der Waals surface area contributed by atoms with Crippen LogP contribution in [0.1, 0.15) is 366 Å². The zero-order valence-corrected chi connectivity index (χ0v) is 74.4. The third-order valence-corrected chi connectivity index (χ3v) is 20.4. The number of unbranched alkanes of at least 4 members (excludes halogenated alkanes) is 32. The minimum Gasteiger partial charge on any atom is -0.478 e. The van der Waals surface area contributed by atoms with Gasteiger partial charge in [-0.1, -0.05) is 261 Å². The maximum atomic E-state index is 16.1. The van der Waals surface area contributed by atoms with E-state index >= 15 is 24.0 Å². The molecule has 4 atom stereocenters. The summed E-state index contributed by atoms with van der Waals surface area (Å²) in [5.41, 5.74) is -9.68. The third-order valence-electron chi connectivity index (χ3n) is 20.4. The molecule has 0 aromatic heterocycles. The highest BCUT2D eigenvalue weighted by Gasteiger charge is 2.57. The summed E-state index contributed by atoms with van der Waals surface area (Å²) in [5.74, 6) is -17.7. The fourth-order valence-electron chi connectivity index (χ4n) is 12.0. The van der Waals surface area contributed by atoms with Crippen LogP contribution >= 0.6 is 0 Å². The molecule has 0 unspecified atom stereocenters. The van der Waals surface area contributed by atoms with Gasteiger partial charge in [0.2, 0.25) is 12.2 Å². The number of hydrogen-bond acceptors (Lipinski definition) is 28. The minimum atomic E-state index is -3.17. The molecular formula is C89H152O29. The van der Waals surface area contributed by atoms with Crippen molar-refractivity contribution in [1.29, 1.82) is 0 Å². The van der Waals surface area contributed by atoms with Crippen LogP contribution in [-0.4, -0.2) is 186 Å². The number of carboxylic acid groups (broad SMARTS) is 1. The predicted molar refractivity (Wildman–Crippen MR) is 439 cm³/mol. The summed E-state index contributed by atoms with van der Waals surface area (Å²) in [6, 6.07) is 0. The van der Waals surface area contributed by atoms with Crippen molar-refractivity contribution < 1.29 is 139 Å². The van der Waals surface area contributed by atoms with E-state index in [4.69, 9.17) is 66.3 Å². The van der Waals surface area contributed by atoms with Crippen LogP contribution in [-0.2, 0) is 133 Å². The molecule has 0 aliphatic heterocycles. The van der Waals surface area contributed by atoms with Crippen LogP contribution in [0.4, 0.5) is 0 Å². The van der Waals surface area contributed by atoms with E-state index in [0.717, 1.165) is 207 Å². The quantitative estimate of drug-likeness (QED) is 0.0336. The summed E-state index contributed by atoms with van der Waals surface area (Å²) in [5, 5.41) is 11.8. The van der Waals surface area contributed by atoms with Crippen molar-refractivity contribution in [2.75, 3.05) is 73.2 Å². The number of aliphatic carboxylic acids is 1. The Balaban J connectivity index is 9.47. The van der Waals surface area contributed by atoms with Crippen LogP contribution in [0.15, 0.2) is 0 Å². The summed E-state index contributed by atoms with van der Waals surface area (Å²) < 4.78 is 80.2. The largest absolute Gasteiger partial charge is 0.478 e. The molecule has 0 aliphatic carbocycles. The number of esters is 13. The van der Waals surface area contributed by atoms with Gasteiger partial charge in [0.05, 0.1) is 6.61 Å². The van der Waals surface area contributed by atoms with Gasteiger partial charge < -0.3 is 71.4 Å². The standard InChI is InChI=1S/C89H152O29/c1-14-22-26-30-34-38-42-46-50-54-72(94)111-64-88(11,65-112-73(95)55-51-47-43-39-35-31-27-23-15-2)82(101)115-76(78(80(98)99)117-84(103)86(9,60-107-68(90)18-5)61-108-69(91)19-6)77(79(81(100)106-59-58-105-13)118-85(104)87(10,62-109-70(92)20-7)63-110-71(93)21-8)116-83(102)89(12,66-113-74(96)56-52-48-44-40-36-32-28-24-16-3)67-114-75(97)57-53-49-45-41-37-33-29-25-17-4/h76-79H,14-67H2,1-13H3,(H,98,99)/t76-,77+,78-,79+/m1/s1. The molecule has 0 bridgehead atoms. The van der Waals surface area contributed by atoms with E-state index < -0.39 is 196 Å². The average Bonchev–Trinajstić information content (AvgIpc) is 0.780. The van der Waals surface area contributed by atoms with Gasteiger partial charge >= 0.3 is 83.6 Å². The third kappa shape index (κ3) is 50.6. The van der Waals surface area contributed by atoms with Crippen molar-refractivity contribution >= 4 is 83.6 Å². The fourth-order valence-corrected chi connectivity index (χ4v) is 12.0. The van der Waals surface area contributed by atoms with Crippen LogP contribution in [0, 0.1) is 21.7 Å². The lowest BCUT2D eigenvalue weighted by atomic mass is 9.90. The van der Waals surface area contributed by atoms with E-state index in [2.05, 4.69) is 27.7 Å². The number of hydrogen-bond donors (Lipinski definition) is 1. The number of carbonyl (C=O) groups is 14. The molecular weight excluding hydrogens is 1530 g/mol. The zero-order valence-electron chi connectivity index (χ0n) is 74.4. The van der Waals surface area contributed by atoms with E-state index in [1.54, 1.807) is 0 Å². The van der Waals surface area contributed by atoms with Gasteiger partial charge in [-0.05, 0) is 53.4 Å². The van der Waals surface area contributed by atoms with E-state index in [1.165, 1.54) is 34.8 Å². The maximum Gasteiger partial charge on any atom is 0.351 e. The molecule has 29 nitrogen and oxygen atoms in total. The van der Waals surface area contributed by atoms with Gasteiger partial charge in [-0.2, -0.15) is 0 Å². The van der Waals surface area contributed by atoms with Crippen LogP contribution in [0.2, 0.25) is 0 Å². The van der Waals surface area contributed by atoms with E-state index in [-0.39, 0.29) is 51.4 Å². The first kappa shape index (κ1) is 111. The molecule has 0 aromatic carbocycles. The molecule has 0 spiro atoms. The first-order valence-corrected chi connectivity index (χ1v) is 44.4. The molecule has 0 aliphatic rings. The summed E-state index contributed by atoms with van der Waals surface area (Å²) in [6.45, 7) is 9.50. The maximum absolute atomic E-state index is 16.1. The molecule has 682 valence electrons. The molecule has 0 heterocycles. The van der Waals surface area contributed by atoms with Gasteiger partial charge in [-0.15, -0.1) is 0 Å². The summed E-state index contributed by atoms with van der Waals surface area (Å²) >= 11 is 0. The number of methoxy groups -OCH3 is 1. The normalized spacial score (nSPS) is 12.7. The van der Waals surface area contributed by atoms with Crippen molar-refractivity contribution in [3.05, 3.63) is 0 Å². The fraction of sp³-hybridized carbons (Fsp3) is 0.843. The topological polar surface area (TPSA) is 388 Å². The lowest BCUT2D eigenvalue weighted by Crippen LogP contribution is -2.60. The van der Waals surface area contributed by atoms with Gasteiger partial charge in [0, 0.05) is 58.5 Å². The van der Waals surface area contributed by atoms with Crippen molar-refractivity contribution in [2.45, 2.75) is 390 Å². The second kappa shape index (κ2) is 67.2. The Morgan fingerprint density at radius 1 is 0.246 bits per heavy atom. The van der Waals surface area contributed by atoms with E-state index in [9.17, 15) is 48.3 Å². The Labute approximate surface area is 703 Å². The molecule has 29 heteroatoms. The first-order valence-electron chi connectivity index (χ1n) is 44.4. The van der Waals surface area contributed by atoms with Gasteiger partial charge in [0.15, 0.2) is 12.2 Å². The summed E-state index contributed by atoms with van der Waals surface area (Å²) in [4.78, 5) is 200. The van der Waals surface area contributed by atoms with Gasteiger partial charge in [0.1, 0.15) is 81.1 Å². The predicted octanol–water partition coefficient (Wildman–Crippen LogP) is 16.6. The molecule has 0 amide bonds. The lowest BCUT2D eigenvalue weighted by molar-refractivity contribution is -0.224. The molecule has 0 saturated carbocycles. The number of carbonyl (C=O) groups excluding carboxylic acids is 13. The summed E-state index contributed by atoms with van der Waals surface area (Å²) in [7, 11) is 1.21.